The summed E-state index contributed by atoms with van der Waals surface area (Å²) in [7, 11) is 1.64. The molecule has 0 spiro atoms. The number of nitrogens with zero attached hydrogens (tertiary/aromatic N) is 2. The van der Waals surface area contributed by atoms with E-state index in [4.69, 9.17) is 21.5 Å². The summed E-state index contributed by atoms with van der Waals surface area (Å²) in [4.78, 5) is 3.17. The minimum Gasteiger partial charge on any atom is -0.494 e. The molecule has 0 aliphatic carbocycles. The van der Waals surface area contributed by atoms with Gasteiger partial charge in [-0.1, -0.05) is 11.2 Å². The third kappa shape index (κ3) is 2.04. The molecule has 0 saturated heterocycles. The first kappa shape index (κ1) is 12.0. The van der Waals surface area contributed by atoms with Crippen LogP contribution in [0, 0.1) is 11.7 Å². The van der Waals surface area contributed by atoms with Crippen LogP contribution in [0.4, 0.5) is 0 Å². The van der Waals surface area contributed by atoms with Crippen LogP contribution in [0.15, 0.2) is 28.8 Å². The molecule has 2 heterocycles. The maximum Gasteiger partial charge on any atom is 0.178 e. The lowest BCUT2D eigenvalue weighted by molar-refractivity contribution is 0.389. The number of benzene rings is 1. The van der Waals surface area contributed by atoms with Crippen molar-refractivity contribution < 1.29 is 9.26 Å². The SMILES string of the molecule is COc1cccc2c1[nH]c(=S)n2Cc1cc(C)on1. The topological polar surface area (TPSA) is 56.0 Å². The molecule has 1 aromatic carbocycles. The Morgan fingerprint density at radius 3 is 3.00 bits per heavy atom. The summed E-state index contributed by atoms with van der Waals surface area (Å²) in [5, 5.41) is 3.99. The first-order valence-electron chi connectivity index (χ1n) is 5.87. The first-order chi connectivity index (χ1) is 9.19. The highest BCUT2D eigenvalue weighted by Gasteiger charge is 2.10. The fourth-order valence-corrected chi connectivity index (χ4v) is 2.40. The van der Waals surface area contributed by atoms with E-state index in [0.717, 1.165) is 28.2 Å². The molecule has 0 unspecified atom stereocenters. The zero-order valence-electron chi connectivity index (χ0n) is 10.6. The summed E-state index contributed by atoms with van der Waals surface area (Å²) in [6.45, 7) is 2.44. The highest BCUT2D eigenvalue weighted by molar-refractivity contribution is 7.71. The van der Waals surface area contributed by atoms with Crippen LogP contribution in [0.2, 0.25) is 0 Å². The van der Waals surface area contributed by atoms with Crippen molar-refractivity contribution in [3.63, 3.8) is 0 Å². The van der Waals surface area contributed by atoms with Gasteiger partial charge in [-0.3, -0.25) is 0 Å². The molecule has 6 heteroatoms. The maximum absolute atomic E-state index is 5.36. The van der Waals surface area contributed by atoms with Crippen LogP contribution in [0.3, 0.4) is 0 Å². The van der Waals surface area contributed by atoms with Gasteiger partial charge in [-0.2, -0.15) is 0 Å². The molecule has 5 nitrogen and oxygen atoms in total. The summed E-state index contributed by atoms with van der Waals surface area (Å²) in [6.07, 6.45) is 0. The number of hydrogen-bond acceptors (Lipinski definition) is 4. The number of methoxy groups -OCH3 is 1. The quantitative estimate of drug-likeness (QED) is 0.746. The van der Waals surface area contributed by atoms with E-state index in [2.05, 4.69) is 10.1 Å². The van der Waals surface area contributed by atoms with Crippen molar-refractivity contribution in [1.29, 1.82) is 0 Å². The minimum absolute atomic E-state index is 0.573. The molecule has 1 N–H and O–H groups in total. The molecule has 3 aromatic rings. The number of rotatable bonds is 3. The van der Waals surface area contributed by atoms with E-state index in [1.54, 1.807) is 7.11 Å². The zero-order chi connectivity index (χ0) is 13.4. The smallest absolute Gasteiger partial charge is 0.178 e. The Labute approximate surface area is 114 Å². The lowest BCUT2D eigenvalue weighted by atomic mass is 10.3. The van der Waals surface area contributed by atoms with Crippen molar-refractivity contribution in [3.05, 3.63) is 40.5 Å². The molecule has 0 radical (unpaired) electrons. The van der Waals surface area contributed by atoms with E-state index in [1.165, 1.54) is 0 Å². The van der Waals surface area contributed by atoms with Crippen molar-refractivity contribution in [2.24, 2.45) is 0 Å². The van der Waals surface area contributed by atoms with Crippen molar-refractivity contribution in [2.75, 3.05) is 7.11 Å². The van der Waals surface area contributed by atoms with Gasteiger partial charge in [-0.15, -0.1) is 0 Å². The Balaban J connectivity index is 2.13. The normalized spacial score (nSPS) is 11.1. The Bertz CT molecular complexity index is 785. The van der Waals surface area contributed by atoms with Gasteiger partial charge >= 0.3 is 0 Å². The molecule has 3 rings (SSSR count). The Kier molecular flexibility index (Phi) is 2.87. The van der Waals surface area contributed by atoms with E-state index < -0.39 is 0 Å². The molecule has 0 bridgehead atoms. The average Bonchev–Trinajstić information content (AvgIpc) is 2.94. The van der Waals surface area contributed by atoms with Crippen LogP contribution in [-0.4, -0.2) is 21.8 Å². The number of hydrogen-bond donors (Lipinski definition) is 1. The van der Waals surface area contributed by atoms with Crippen molar-refractivity contribution >= 4 is 23.3 Å². The monoisotopic (exact) mass is 275 g/mol. The summed E-state index contributed by atoms with van der Waals surface area (Å²) in [5.41, 5.74) is 2.73. The minimum atomic E-state index is 0.573. The number of aromatic nitrogens is 3. The van der Waals surface area contributed by atoms with Crippen molar-refractivity contribution in [2.45, 2.75) is 13.5 Å². The predicted octanol–water partition coefficient (Wildman–Crippen LogP) is 3.05. The number of nitrogens with one attached hydrogen (secondary N) is 1. The van der Waals surface area contributed by atoms with Gasteiger partial charge in [0.25, 0.3) is 0 Å². The summed E-state index contributed by atoms with van der Waals surface area (Å²) < 4.78 is 13.0. The highest BCUT2D eigenvalue weighted by Crippen LogP contribution is 2.25. The molecule has 0 amide bonds. The van der Waals surface area contributed by atoms with Crippen molar-refractivity contribution in [3.8, 4) is 5.75 Å². The molecule has 98 valence electrons. The second kappa shape index (κ2) is 4.55. The molecule has 2 aromatic heterocycles. The number of aryl methyl sites for hydroxylation is 1. The van der Waals surface area contributed by atoms with Gasteiger partial charge in [0, 0.05) is 6.07 Å². The predicted molar refractivity (Wildman–Crippen MR) is 74.0 cm³/mol. The molecule has 0 fully saturated rings. The number of imidazole rings is 1. The third-order valence-electron chi connectivity index (χ3n) is 2.99. The number of H-pyrrole nitrogens is 1. The molecule has 19 heavy (non-hydrogen) atoms. The van der Waals surface area contributed by atoms with E-state index in [1.807, 2.05) is 35.8 Å². The van der Waals surface area contributed by atoms with E-state index in [0.29, 0.717) is 11.3 Å². The first-order valence-corrected chi connectivity index (χ1v) is 6.27. The molecular weight excluding hydrogens is 262 g/mol. The second-order valence-electron chi connectivity index (χ2n) is 4.30. The van der Waals surface area contributed by atoms with Crippen LogP contribution in [-0.2, 0) is 6.54 Å². The fourth-order valence-electron chi connectivity index (χ4n) is 2.14. The summed E-state index contributed by atoms with van der Waals surface area (Å²) in [5.74, 6) is 1.57. The number of para-hydroxylation sites is 1. The lowest BCUT2D eigenvalue weighted by Gasteiger charge is -2.03. The van der Waals surface area contributed by atoms with Crippen LogP contribution in [0.25, 0.3) is 11.0 Å². The fraction of sp³-hybridized carbons (Fsp3) is 0.231. The van der Waals surface area contributed by atoms with Gasteiger partial charge < -0.3 is 18.8 Å². The van der Waals surface area contributed by atoms with Crippen LogP contribution in [0.1, 0.15) is 11.5 Å². The van der Waals surface area contributed by atoms with Gasteiger partial charge in [0.2, 0.25) is 0 Å². The van der Waals surface area contributed by atoms with Gasteiger partial charge in [-0.05, 0) is 31.3 Å². The number of aromatic amines is 1. The number of fused-ring (bicyclic) bond motifs is 1. The molecule has 0 aliphatic heterocycles. The second-order valence-corrected chi connectivity index (χ2v) is 4.69. The largest absolute Gasteiger partial charge is 0.494 e. The maximum atomic E-state index is 5.36. The lowest BCUT2D eigenvalue weighted by Crippen LogP contribution is -1.99. The average molecular weight is 275 g/mol. The van der Waals surface area contributed by atoms with Crippen LogP contribution < -0.4 is 4.74 Å². The van der Waals surface area contributed by atoms with E-state index in [-0.39, 0.29) is 0 Å². The zero-order valence-corrected chi connectivity index (χ0v) is 11.5. The Morgan fingerprint density at radius 1 is 1.47 bits per heavy atom. The third-order valence-corrected chi connectivity index (χ3v) is 3.31. The highest BCUT2D eigenvalue weighted by atomic mass is 32.1. The standard InChI is InChI=1S/C13H13N3O2S/c1-8-6-9(15-18-8)7-16-10-4-3-5-11(17-2)12(10)14-13(16)19/h3-6H,7H2,1-2H3,(H,14,19). The number of ether oxygens (including phenoxy) is 1. The molecule has 0 aliphatic rings. The molecule has 0 atom stereocenters. The van der Waals surface area contributed by atoms with E-state index in [9.17, 15) is 0 Å². The Morgan fingerprint density at radius 2 is 2.32 bits per heavy atom. The Hall–Kier alpha value is -2.08. The molecule has 0 saturated carbocycles. The summed E-state index contributed by atoms with van der Waals surface area (Å²) in [6, 6.07) is 7.74. The van der Waals surface area contributed by atoms with Crippen molar-refractivity contribution in [1.82, 2.24) is 14.7 Å². The van der Waals surface area contributed by atoms with Gasteiger partial charge in [0.15, 0.2) is 4.77 Å². The van der Waals surface area contributed by atoms with Crippen LogP contribution in [0.5, 0.6) is 5.75 Å². The molecular formula is C13H13N3O2S. The van der Waals surface area contributed by atoms with Gasteiger partial charge in [-0.25, -0.2) is 0 Å². The van der Waals surface area contributed by atoms with Gasteiger partial charge in [0.05, 0.1) is 19.2 Å². The van der Waals surface area contributed by atoms with E-state index >= 15 is 0 Å². The van der Waals surface area contributed by atoms with Gasteiger partial charge in [0.1, 0.15) is 22.7 Å². The summed E-state index contributed by atoms with van der Waals surface area (Å²) >= 11 is 5.36. The van der Waals surface area contributed by atoms with Crippen LogP contribution >= 0.6 is 12.2 Å².